The molecule has 0 aliphatic carbocycles. The summed E-state index contributed by atoms with van der Waals surface area (Å²) in [7, 11) is 0. The van der Waals surface area contributed by atoms with Crippen LogP contribution in [0.25, 0.3) is 0 Å². The molecule has 1 aromatic carbocycles. The molecule has 2 aromatic heterocycles. The molecule has 1 saturated heterocycles. The first-order chi connectivity index (χ1) is 17.5. The van der Waals surface area contributed by atoms with E-state index in [1.165, 1.54) is 12.4 Å². The van der Waals surface area contributed by atoms with E-state index in [1.807, 2.05) is 25.5 Å². The molecule has 0 radical (unpaired) electrons. The van der Waals surface area contributed by atoms with Gasteiger partial charge in [-0.15, -0.1) is 0 Å². The number of carbonyl (C=O) groups excluding carboxylic acids is 1. The predicted octanol–water partition coefficient (Wildman–Crippen LogP) is 5.12. The van der Waals surface area contributed by atoms with Crippen molar-refractivity contribution in [3.8, 4) is 5.75 Å². The minimum absolute atomic E-state index is 0.0430. The molecule has 0 atom stereocenters. The Morgan fingerprint density at radius 1 is 1.05 bits per heavy atom. The maximum Gasteiger partial charge on any atom is 0.410 e. The number of nitrogens with one attached hydrogen (secondary N) is 1. The lowest BCUT2D eigenvalue weighted by molar-refractivity contribution is 0.0184. The quantitative estimate of drug-likeness (QED) is 0.355. The van der Waals surface area contributed by atoms with Gasteiger partial charge in [0.05, 0.1) is 35.9 Å². The first-order valence-corrected chi connectivity index (χ1v) is 11.6. The molecule has 198 valence electrons. The number of halogens is 4. The number of amides is 1. The number of hydrogen-bond donors (Lipinski definition) is 1. The summed E-state index contributed by atoms with van der Waals surface area (Å²) in [5.74, 6) is -5.82. The molecule has 13 heteroatoms. The molecule has 0 saturated carbocycles. The summed E-state index contributed by atoms with van der Waals surface area (Å²) in [6.45, 7) is 5.86. The highest BCUT2D eigenvalue weighted by atomic mass is 19.2. The Hall–Kier alpha value is -3.90. The maximum atomic E-state index is 13.8. The predicted molar refractivity (Wildman–Crippen MR) is 124 cm³/mol. The summed E-state index contributed by atoms with van der Waals surface area (Å²) < 4.78 is 66.6. The van der Waals surface area contributed by atoms with Crippen molar-refractivity contribution < 1.29 is 31.8 Å². The monoisotopic (exact) mass is 522 g/mol. The van der Waals surface area contributed by atoms with Gasteiger partial charge in [0.25, 0.3) is 0 Å². The Balaban J connectivity index is 1.30. The summed E-state index contributed by atoms with van der Waals surface area (Å²) in [6, 6.07) is 0.242. The SMILES string of the molecule is CC(C)(C)OC(=O)N1CCC(n2cc(Nc3ncc(OCc4c(F)c(F)cc(F)c4F)cn3)cn2)CC1. The van der Waals surface area contributed by atoms with Crippen LogP contribution in [0.4, 0.5) is 34.0 Å². The van der Waals surface area contributed by atoms with Gasteiger partial charge in [-0.3, -0.25) is 4.68 Å². The standard InChI is InChI=1S/C24H26F4N6O3/c1-24(2,3)37-23(35)33-6-4-15(5-7-33)34-12-14(9-31-34)32-22-29-10-16(11-30-22)36-13-17-20(27)18(25)8-19(26)21(17)28/h8-12,15H,4-7,13H2,1-3H3,(H,29,30,32). The van der Waals surface area contributed by atoms with Gasteiger partial charge in [-0.1, -0.05) is 0 Å². The number of ether oxygens (including phenoxy) is 2. The molecule has 0 spiro atoms. The van der Waals surface area contributed by atoms with Crippen LogP contribution in [-0.4, -0.2) is 49.4 Å². The maximum absolute atomic E-state index is 13.8. The summed E-state index contributed by atoms with van der Waals surface area (Å²) >= 11 is 0. The van der Waals surface area contributed by atoms with Crippen LogP contribution in [0.15, 0.2) is 30.9 Å². The van der Waals surface area contributed by atoms with Crippen molar-refractivity contribution in [2.75, 3.05) is 18.4 Å². The number of rotatable bonds is 6. The molecule has 1 amide bonds. The Kier molecular flexibility index (Phi) is 7.50. The Bertz CT molecular complexity index is 1230. The molecule has 3 heterocycles. The number of hydrogen-bond acceptors (Lipinski definition) is 7. The number of piperidine rings is 1. The summed E-state index contributed by atoms with van der Waals surface area (Å²) in [5.41, 5.74) is -0.786. The van der Waals surface area contributed by atoms with Crippen LogP contribution in [0.2, 0.25) is 0 Å². The van der Waals surface area contributed by atoms with Crippen LogP contribution in [0.1, 0.15) is 45.2 Å². The van der Waals surface area contributed by atoms with Crippen molar-refractivity contribution in [1.82, 2.24) is 24.6 Å². The second-order valence-electron chi connectivity index (χ2n) is 9.51. The van der Waals surface area contributed by atoms with Gasteiger partial charge in [0.15, 0.2) is 29.0 Å². The van der Waals surface area contributed by atoms with Gasteiger partial charge < -0.3 is 19.7 Å². The highest BCUT2D eigenvalue weighted by Crippen LogP contribution is 2.26. The normalized spacial score (nSPS) is 14.5. The second-order valence-corrected chi connectivity index (χ2v) is 9.51. The fourth-order valence-corrected chi connectivity index (χ4v) is 3.73. The van der Waals surface area contributed by atoms with Gasteiger partial charge in [0.1, 0.15) is 12.2 Å². The van der Waals surface area contributed by atoms with Crippen LogP contribution in [0.5, 0.6) is 5.75 Å². The van der Waals surface area contributed by atoms with E-state index in [2.05, 4.69) is 20.4 Å². The van der Waals surface area contributed by atoms with Gasteiger partial charge in [-0.25, -0.2) is 32.3 Å². The summed E-state index contributed by atoms with van der Waals surface area (Å²) in [4.78, 5) is 22.1. The van der Waals surface area contributed by atoms with E-state index < -0.39 is 41.0 Å². The van der Waals surface area contributed by atoms with Crippen molar-refractivity contribution in [2.24, 2.45) is 0 Å². The van der Waals surface area contributed by atoms with Crippen molar-refractivity contribution in [2.45, 2.75) is 51.9 Å². The van der Waals surface area contributed by atoms with Gasteiger partial charge in [-0.05, 0) is 33.6 Å². The molecule has 0 bridgehead atoms. The van der Waals surface area contributed by atoms with Crippen molar-refractivity contribution in [1.29, 1.82) is 0 Å². The lowest BCUT2D eigenvalue weighted by atomic mass is 10.1. The summed E-state index contributed by atoms with van der Waals surface area (Å²) in [5, 5.41) is 7.37. The fraction of sp³-hybridized carbons (Fsp3) is 0.417. The molecule has 9 nitrogen and oxygen atoms in total. The van der Waals surface area contributed by atoms with Crippen LogP contribution in [0, 0.1) is 23.3 Å². The number of carbonyl (C=O) groups is 1. The molecular weight excluding hydrogens is 496 g/mol. The van der Waals surface area contributed by atoms with Crippen LogP contribution in [0.3, 0.4) is 0 Å². The van der Waals surface area contributed by atoms with Crippen LogP contribution >= 0.6 is 0 Å². The van der Waals surface area contributed by atoms with Crippen molar-refractivity contribution >= 4 is 17.7 Å². The third kappa shape index (κ3) is 6.46. The first kappa shape index (κ1) is 26.2. The number of anilines is 2. The Morgan fingerprint density at radius 2 is 1.68 bits per heavy atom. The lowest BCUT2D eigenvalue weighted by Crippen LogP contribution is -2.42. The minimum Gasteiger partial charge on any atom is -0.485 e. The first-order valence-electron chi connectivity index (χ1n) is 11.6. The molecule has 1 aliphatic heterocycles. The van der Waals surface area contributed by atoms with Crippen molar-refractivity contribution in [3.63, 3.8) is 0 Å². The van der Waals surface area contributed by atoms with E-state index in [9.17, 15) is 22.4 Å². The van der Waals surface area contributed by atoms with E-state index in [-0.39, 0.29) is 29.9 Å². The van der Waals surface area contributed by atoms with Crippen molar-refractivity contribution in [3.05, 3.63) is 59.7 Å². The van der Waals surface area contributed by atoms with Gasteiger partial charge >= 0.3 is 6.09 Å². The van der Waals surface area contributed by atoms with Gasteiger partial charge in [-0.2, -0.15) is 5.10 Å². The third-order valence-corrected chi connectivity index (χ3v) is 5.56. The molecule has 0 unspecified atom stereocenters. The third-order valence-electron chi connectivity index (χ3n) is 5.56. The average molecular weight is 523 g/mol. The topological polar surface area (TPSA) is 94.4 Å². The highest BCUT2D eigenvalue weighted by molar-refractivity contribution is 5.68. The molecule has 3 aromatic rings. The second kappa shape index (κ2) is 10.6. The van der Waals surface area contributed by atoms with E-state index in [0.717, 1.165) is 12.8 Å². The van der Waals surface area contributed by atoms with E-state index in [0.29, 0.717) is 18.8 Å². The molecule has 1 N–H and O–H groups in total. The minimum atomic E-state index is -1.52. The van der Waals surface area contributed by atoms with Gasteiger partial charge in [0, 0.05) is 25.4 Å². The Morgan fingerprint density at radius 3 is 2.27 bits per heavy atom. The van der Waals surface area contributed by atoms with E-state index in [1.54, 1.807) is 17.3 Å². The fourth-order valence-electron chi connectivity index (χ4n) is 3.73. The molecule has 37 heavy (non-hydrogen) atoms. The smallest absolute Gasteiger partial charge is 0.410 e. The Labute approximate surface area is 210 Å². The largest absolute Gasteiger partial charge is 0.485 e. The zero-order chi connectivity index (χ0) is 26.7. The van der Waals surface area contributed by atoms with Crippen LogP contribution < -0.4 is 10.1 Å². The number of likely N-dealkylation sites (tertiary alicyclic amines) is 1. The zero-order valence-corrected chi connectivity index (χ0v) is 20.5. The lowest BCUT2D eigenvalue weighted by Gasteiger charge is -2.33. The molecule has 1 fully saturated rings. The highest BCUT2D eigenvalue weighted by Gasteiger charge is 2.28. The number of benzene rings is 1. The number of aromatic nitrogens is 4. The molecule has 4 rings (SSSR count). The summed E-state index contributed by atoms with van der Waals surface area (Å²) in [6.07, 6.45) is 7.02. The molecular formula is C24H26F4N6O3. The zero-order valence-electron chi connectivity index (χ0n) is 20.5. The van der Waals surface area contributed by atoms with E-state index >= 15 is 0 Å². The van der Waals surface area contributed by atoms with Gasteiger partial charge in [0.2, 0.25) is 5.95 Å². The number of nitrogens with zero attached hydrogens (tertiary/aromatic N) is 5. The average Bonchev–Trinajstić information content (AvgIpc) is 3.31. The van der Waals surface area contributed by atoms with Crippen LogP contribution in [-0.2, 0) is 11.3 Å². The van der Waals surface area contributed by atoms with E-state index in [4.69, 9.17) is 9.47 Å². The molecule has 1 aliphatic rings.